The Kier molecular flexibility index (Phi) is 5.56. The minimum absolute atomic E-state index is 0.0329. The lowest BCUT2D eigenvalue weighted by molar-refractivity contribution is -0.138. The van der Waals surface area contributed by atoms with Gasteiger partial charge in [-0.25, -0.2) is 0 Å². The number of likely N-dealkylation sites (tertiary alicyclic amines) is 1. The number of carbonyl (C=O) groups is 2. The van der Waals surface area contributed by atoms with Crippen molar-refractivity contribution in [3.63, 3.8) is 0 Å². The Morgan fingerprint density at radius 3 is 2.15 bits per heavy atom. The summed E-state index contributed by atoms with van der Waals surface area (Å²) in [5, 5.41) is 0.537. The Balaban J connectivity index is 1.68. The summed E-state index contributed by atoms with van der Waals surface area (Å²) in [5.41, 5.74) is -0.742. The third-order valence-corrected chi connectivity index (χ3v) is 5.00. The molecule has 1 aliphatic heterocycles. The van der Waals surface area contributed by atoms with Crippen molar-refractivity contribution < 1.29 is 22.8 Å². The Labute approximate surface area is 159 Å². The average Bonchev–Trinajstić information content (AvgIpc) is 2.67. The maximum Gasteiger partial charge on any atom is 0.417 e. The molecule has 2 aromatic carbocycles. The van der Waals surface area contributed by atoms with Crippen molar-refractivity contribution in [3.8, 4) is 0 Å². The molecule has 1 saturated heterocycles. The summed E-state index contributed by atoms with van der Waals surface area (Å²) >= 11 is 5.82. The van der Waals surface area contributed by atoms with E-state index in [9.17, 15) is 22.8 Å². The minimum Gasteiger partial charge on any atom is -0.339 e. The molecule has 0 aromatic heterocycles. The van der Waals surface area contributed by atoms with E-state index in [1.54, 1.807) is 24.3 Å². The van der Waals surface area contributed by atoms with E-state index in [0.29, 0.717) is 23.4 Å². The number of Topliss-reactive ketones (excluding diaryl/α,β-unsaturated/α-hetero) is 1. The van der Waals surface area contributed by atoms with E-state index in [0.717, 1.165) is 6.07 Å². The first-order chi connectivity index (χ1) is 12.8. The summed E-state index contributed by atoms with van der Waals surface area (Å²) in [6, 6.07) is 11.4. The fourth-order valence-electron chi connectivity index (χ4n) is 3.28. The van der Waals surface area contributed by atoms with E-state index in [2.05, 4.69) is 0 Å². The fraction of sp³-hybridized carbons (Fsp3) is 0.300. The molecule has 0 unspecified atom stereocenters. The molecule has 0 spiro atoms. The number of ketones is 1. The number of hydrogen-bond donors (Lipinski definition) is 0. The Bertz CT molecular complexity index is 841. The van der Waals surface area contributed by atoms with Crippen molar-refractivity contribution in [1.82, 2.24) is 4.90 Å². The van der Waals surface area contributed by atoms with Crippen molar-refractivity contribution in [2.24, 2.45) is 5.92 Å². The molecule has 7 heteroatoms. The van der Waals surface area contributed by atoms with Gasteiger partial charge in [-0.3, -0.25) is 9.59 Å². The third-order valence-electron chi connectivity index (χ3n) is 4.74. The normalized spacial score (nSPS) is 15.6. The largest absolute Gasteiger partial charge is 0.417 e. The van der Waals surface area contributed by atoms with Crippen LogP contribution in [0.1, 0.15) is 39.1 Å². The number of hydrogen-bond acceptors (Lipinski definition) is 2. The number of rotatable bonds is 3. The second-order valence-corrected chi connectivity index (χ2v) is 6.92. The summed E-state index contributed by atoms with van der Waals surface area (Å²) in [6.07, 6.45) is -3.75. The van der Waals surface area contributed by atoms with Gasteiger partial charge in [-0.05, 0) is 49.2 Å². The van der Waals surface area contributed by atoms with Gasteiger partial charge in [0.05, 0.1) is 11.1 Å². The van der Waals surface area contributed by atoms with Crippen molar-refractivity contribution in [1.29, 1.82) is 0 Å². The first-order valence-corrected chi connectivity index (χ1v) is 8.90. The quantitative estimate of drug-likeness (QED) is 0.678. The summed E-state index contributed by atoms with van der Waals surface area (Å²) in [7, 11) is 0. The molecule has 1 amide bonds. The van der Waals surface area contributed by atoms with E-state index < -0.39 is 17.6 Å². The van der Waals surface area contributed by atoms with Crippen LogP contribution in [-0.2, 0) is 6.18 Å². The second kappa shape index (κ2) is 7.72. The number of carbonyl (C=O) groups excluding carboxylic acids is 2. The van der Waals surface area contributed by atoms with Crippen LogP contribution >= 0.6 is 11.6 Å². The van der Waals surface area contributed by atoms with E-state index >= 15 is 0 Å². The molecule has 0 N–H and O–H groups in total. The molecule has 3 rings (SSSR count). The number of amides is 1. The number of alkyl halides is 3. The van der Waals surface area contributed by atoms with Crippen molar-refractivity contribution >= 4 is 23.3 Å². The Hall–Kier alpha value is -2.34. The molecule has 142 valence electrons. The van der Waals surface area contributed by atoms with Crippen LogP contribution in [-0.4, -0.2) is 29.7 Å². The van der Waals surface area contributed by atoms with E-state index in [4.69, 9.17) is 11.6 Å². The molecule has 0 bridgehead atoms. The van der Waals surface area contributed by atoms with Crippen molar-refractivity contribution in [2.75, 3.05) is 13.1 Å². The Morgan fingerprint density at radius 1 is 0.963 bits per heavy atom. The predicted molar refractivity (Wildman–Crippen MR) is 95.9 cm³/mol. The van der Waals surface area contributed by atoms with Gasteiger partial charge < -0.3 is 4.90 Å². The van der Waals surface area contributed by atoms with Gasteiger partial charge in [0.25, 0.3) is 5.91 Å². The van der Waals surface area contributed by atoms with Gasteiger partial charge in [0.15, 0.2) is 5.78 Å². The van der Waals surface area contributed by atoms with E-state index in [-0.39, 0.29) is 30.4 Å². The van der Waals surface area contributed by atoms with Crippen LogP contribution in [0.25, 0.3) is 0 Å². The molecule has 27 heavy (non-hydrogen) atoms. The molecule has 3 nitrogen and oxygen atoms in total. The smallest absolute Gasteiger partial charge is 0.339 e. The maximum atomic E-state index is 13.1. The highest BCUT2D eigenvalue weighted by Crippen LogP contribution is 2.33. The SMILES string of the molecule is O=C(c1ccc(Cl)cc1)C1CCN(C(=O)c2ccccc2C(F)(F)F)CC1. The van der Waals surface area contributed by atoms with Crippen LogP contribution in [0.5, 0.6) is 0 Å². The van der Waals surface area contributed by atoms with Crippen molar-refractivity contribution in [2.45, 2.75) is 19.0 Å². The number of nitrogens with zero attached hydrogens (tertiary/aromatic N) is 1. The third kappa shape index (κ3) is 4.33. The second-order valence-electron chi connectivity index (χ2n) is 6.48. The zero-order chi connectivity index (χ0) is 19.6. The van der Waals surface area contributed by atoms with Gasteiger partial charge in [-0.2, -0.15) is 13.2 Å². The van der Waals surface area contributed by atoms with Crippen LogP contribution in [0.4, 0.5) is 13.2 Å². The van der Waals surface area contributed by atoms with Gasteiger partial charge in [-0.1, -0.05) is 23.7 Å². The number of halogens is 4. The standard InChI is InChI=1S/C20H17ClF3NO2/c21-15-7-5-13(6-8-15)18(26)14-9-11-25(12-10-14)19(27)16-3-1-2-4-17(16)20(22,23)24/h1-8,14H,9-12H2. The van der Waals surface area contributed by atoms with Gasteiger partial charge in [0, 0.05) is 29.6 Å². The first kappa shape index (κ1) is 19.4. The molecule has 2 aromatic rings. The highest BCUT2D eigenvalue weighted by Gasteiger charge is 2.37. The summed E-state index contributed by atoms with van der Waals surface area (Å²) in [5.74, 6) is -0.942. The molecular weight excluding hydrogens is 379 g/mol. The van der Waals surface area contributed by atoms with Gasteiger partial charge >= 0.3 is 6.18 Å². The van der Waals surface area contributed by atoms with E-state index in [1.807, 2.05) is 0 Å². The highest BCUT2D eigenvalue weighted by molar-refractivity contribution is 6.30. The Morgan fingerprint density at radius 2 is 1.56 bits per heavy atom. The molecule has 0 atom stereocenters. The monoisotopic (exact) mass is 395 g/mol. The van der Waals surface area contributed by atoms with Crippen LogP contribution < -0.4 is 0 Å². The number of benzene rings is 2. The number of piperidine rings is 1. The van der Waals surface area contributed by atoms with Gasteiger partial charge in [0.1, 0.15) is 0 Å². The molecular formula is C20H17ClF3NO2. The summed E-state index contributed by atoms with van der Waals surface area (Å²) in [4.78, 5) is 26.5. The average molecular weight is 396 g/mol. The molecule has 1 heterocycles. The molecule has 0 radical (unpaired) electrons. The highest BCUT2D eigenvalue weighted by atomic mass is 35.5. The lowest BCUT2D eigenvalue weighted by Crippen LogP contribution is -2.41. The minimum atomic E-state index is -4.59. The summed E-state index contributed by atoms with van der Waals surface area (Å²) < 4.78 is 39.4. The van der Waals surface area contributed by atoms with Crippen LogP contribution in [0.2, 0.25) is 5.02 Å². The topological polar surface area (TPSA) is 37.4 Å². The van der Waals surface area contributed by atoms with E-state index in [1.165, 1.54) is 23.1 Å². The van der Waals surface area contributed by atoms with Crippen LogP contribution in [0.15, 0.2) is 48.5 Å². The summed E-state index contributed by atoms with van der Waals surface area (Å²) in [6.45, 7) is 0.490. The maximum absolute atomic E-state index is 13.1. The lowest BCUT2D eigenvalue weighted by atomic mass is 9.88. The van der Waals surface area contributed by atoms with Gasteiger partial charge in [0.2, 0.25) is 0 Å². The molecule has 1 fully saturated rings. The molecule has 1 aliphatic rings. The van der Waals surface area contributed by atoms with Crippen LogP contribution in [0, 0.1) is 5.92 Å². The van der Waals surface area contributed by atoms with Crippen molar-refractivity contribution in [3.05, 3.63) is 70.2 Å². The first-order valence-electron chi connectivity index (χ1n) is 8.52. The zero-order valence-corrected chi connectivity index (χ0v) is 15.1. The van der Waals surface area contributed by atoms with Gasteiger partial charge in [-0.15, -0.1) is 0 Å². The zero-order valence-electron chi connectivity index (χ0n) is 14.3. The predicted octanol–water partition coefficient (Wildman–Crippen LogP) is 5.09. The fourth-order valence-corrected chi connectivity index (χ4v) is 3.41. The van der Waals surface area contributed by atoms with Crippen LogP contribution in [0.3, 0.4) is 0 Å². The molecule has 0 aliphatic carbocycles. The lowest BCUT2D eigenvalue weighted by Gasteiger charge is -2.32. The molecule has 0 saturated carbocycles.